The van der Waals surface area contributed by atoms with Crippen molar-refractivity contribution in [3.63, 3.8) is 0 Å². The molecule has 0 saturated carbocycles. The fourth-order valence-corrected chi connectivity index (χ4v) is 4.74. The van der Waals surface area contributed by atoms with Gasteiger partial charge in [-0.15, -0.1) is 11.3 Å². The Morgan fingerprint density at radius 2 is 1.83 bits per heavy atom. The van der Waals surface area contributed by atoms with Gasteiger partial charge in [0.05, 0.1) is 15.6 Å². The number of carbonyl (C=O) groups is 2. The summed E-state index contributed by atoms with van der Waals surface area (Å²) >= 11 is 13.9. The summed E-state index contributed by atoms with van der Waals surface area (Å²) in [7, 11) is 0. The van der Waals surface area contributed by atoms with E-state index < -0.39 is 0 Å². The van der Waals surface area contributed by atoms with Crippen LogP contribution in [0.3, 0.4) is 0 Å². The van der Waals surface area contributed by atoms with E-state index in [1.807, 2.05) is 11.8 Å². The molecule has 1 aliphatic rings. The zero-order valence-corrected chi connectivity index (χ0v) is 18.0. The number of hydrogen-bond donors (Lipinski definition) is 1. The first kappa shape index (κ1) is 20.0. The van der Waals surface area contributed by atoms with E-state index in [2.05, 4.69) is 16.8 Å². The summed E-state index contributed by atoms with van der Waals surface area (Å²) in [5.41, 5.74) is 3.38. The van der Waals surface area contributed by atoms with Crippen LogP contribution in [0.15, 0.2) is 47.8 Å². The van der Waals surface area contributed by atoms with Crippen LogP contribution in [0.2, 0.25) is 10.0 Å². The molecule has 0 unspecified atom stereocenters. The van der Waals surface area contributed by atoms with Crippen LogP contribution in [-0.4, -0.2) is 23.3 Å². The number of halogens is 2. The molecule has 1 N–H and O–H groups in total. The minimum Gasteiger partial charge on any atom is -0.334 e. The molecule has 4 rings (SSSR count). The second-order valence-electron chi connectivity index (χ2n) is 6.88. The summed E-state index contributed by atoms with van der Waals surface area (Å²) in [6.07, 6.45) is 0.876. The number of nitrogens with zero attached hydrogens (tertiary/aromatic N) is 1. The number of anilines is 1. The van der Waals surface area contributed by atoms with E-state index in [0.717, 1.165) is 12.0 Å². The molecule has 148 valence electrons. The summed E-state index contributed by atoms with van der Waals surface area (Å²) in [5, 5.41) is 5.45. The highest BCUT2D eigenvalue weighted by Gasteiger charge is 2.24. The van der Waals surface area contributed by atoms with E-state index in [4.69, 9.17) is 23.2 Å². The van der Waals surface area contributed by atoms with Gasteiger partial charge in [-0.05, 0) is 60.2 Å². The molecule has 0 spiro atoms. The van der Waals surface area contributed by atoms with E-state index in [1.165, 1.54) is 10.4 Å². The lowest BCUT2D eigenvalue weighted by atomic mass is 10.0. The highest BCUT2D eigenvalue weighted by atomic mass is 35.5. The zero-order chi connectivity index (χ0) is 20.5. The van der Waals surface area contributed by atoms with Crippen LogP contribution in [0.1, 0.15) is 36.7 Å². The number of nitrogens with one attached hydrogen (secondary N) is 1. The van der Waals surface area contributed by atoms with Crippen LogP contribution >= 0.6 is 34.5 Å². The highest BCUT2D eigenvalue weighted by molar-refractivity contribution is 7.10. The molecule has 2 aromatic carbocycles. The lowest BCUT2D eigenvalue weighted by Crippen LogP contribution is -2.35. The topological polar surface area (TPSA) is 49.4 Å². The van der Waals surface area contributed by atoms with Crippen molar-refractivity contribution in [1.29, 1.82) is 0 Å². The molecule has 2 heterocycles. The number of amides is 2. The van der Waals surface area contributed by atoms with Crippen molar-refractivity contribution >= 4 is 52.0 Å². The van der Waals surface area contributed by atoms with Crippen molar-refractivity contribution in [3.05, 3.63) is 85.0 Å². The molecular weight excluding hydrogens is 427 g/mol. The second-order valence-corrected chi connectivity index (χ2v) is 8.67. The Kier molecular flexibility index (Phi) is 5.63. The summed E-state index contributed by atoms with van der Waals surface area (Å²) < 4.78 is 0. The van der Waals surface area contributed by atoms with Gasteiger partial charge < -0.3 is 10.2 Å². The maximum atomic E-state index is 13.1. The number of rotatable bonds is 3. The Bertz CT molecular complexity index is 1110. The maximum Gasteiger partial charge on any atom is 0.257 e. The quantitative estimate of drug-likeness (QED) is 0.553. The van der Waals surface area contributed by atoms with Gasteiger partial charge in [0.25, 0.3) is 11.8 Å². The first-order chi connectivity index (χ1) is 14.0. The van der Waals surface area contributed by atoms with Gasteiger partial charge in [0.15, 0.2) is 0 Å². The van der Waals surface area contributed by atoms with Crippen molar-refractivity contribution in [2.45, 2.75) is 19.9 Å². The minimum absolute atomic E-state index is 0.0313. The fraction of sp³-hybridized carbons (Fsp3) is 0.182. The van der Waals surface area contributed by atoms with Gasteiger partial charge in [-0.25, -0.2) is 0 Å². The molecule has 2 amide bonds. The van der Waals surface area contributed by atoms with E-state index in [-0.39, 0.29) is 22.4 Å². The Balaban J connectivity index is 1.57. The van der Waals surface area contributed by atoms with Crippen LogP contribution in [0.25, 0.3) is 0 Å². The molecule has 0 saturated heterocycles. The van der Waals surface area contributed by atoms with Gasteiger partial charge in [-0.1, -0.05) is 35.3 Å². The Labute approximate surface area is 183 Å². The number of fused-ring (bicyclic) bond motifs is 1. The first-order valence-corrected chi connectivity index (χ1v) is 10.8. The van der Waals surface area contributed by atoms with E-state index >= 15 is 0 Å². The summed E-state index contributed by atoms with van der Waals surface area (Å²) in [5.74, 6) is -0.401. The molecule has 29 heavy (non-hydrogen) atoms. The van der Waals surface area contributed by atoms with Gasteiger partial charge in [0, 0.05) is 29.2 Å². The Morgan fingerprint density at radius 3 is 2.66 bits per heavy atom. The zero-order valence-electron chi connectivity index (χ0n) is 15.7. The van der Waals surface area contributed by atoms with Gasteiger partial charge in [0.2, 0.25) is 0 Å². The Hall–Kier alpha value is -2.34. The van der Waals surface area contributed by atoms with Crippen LogP contribution in [0.5, 0.6) is 0 Å². The predicted octanol–water partition coefficient (Wildman–Crippen LogP) is 5.81. The maximum absolute atomic E-state index is 13.1. The van der Waals surface area contributed by atoms with Gasteiger partial charge in [-0.2, -0.15) is 0 Å². The normalized spacial score (nSPS) is 13.1. The lowest BCUT2D eigenvalue weighted by Gasteiger charge is -2.28. The fourth-order valence-electron chi connectivity index (χ4n) is 3.46. The number of thiophene rings is 1. The standard InChI is InChI=1S/C22H18Cl2N2O2S/c1-13-15(22(28)26-10-8-19-14(12-26)9-11-29-19)4-3-7-18(13)25-21(27)16-5-2-6-17(23)20(16)24/h2-7,9,11H,8,10,12H2,1H3,(H,25,27). The van der Waals surface area contributed by atoms with Crippen LogP contribution in [0.4, 0.5) is 5.69 Å². The largest absolute Gasteiger partial charge is 0.334 e. The molecule has 4 nitrogen and oxygen atoms in total. The molecule has 7 heteroatoms. The van der Waals surface area contributed by atoms with Crippen LogP contribution < -0.4 is 5.32 Å². The SMILES string of the molecule is Cc1c(NC(=O)c2cccc(Cl)c2Cl)cccc1C(=O)N1CCc2sccc2C1. The molecule has 0 bridgehead atoms. The van der Waals surface area contributed by atoms with E-state index in [9.17, 15) is 9.59 Å². The van der Waals surface area contributed by atoms with Gasteiger partial charge >= 0.3 is 0 Å². The van der Waals surface area contributed by atoms with Gasteiger partial charge in [0.1, 0.15) is 0 Å². The van der Waals surface area contributed by atoms with Crippen molar-refractivity contribution in [1.82, 2.24) is 4.90 Å². The van der Waals surface area contributed by atoms with Crippen molar-refractivity contribution in [3.8, 4) is 0 Å². The number of hydrogen-bond acceptors (Lipinski definition) is 3. The second kappa shape index (κ2) is 8.19. The number of benzene rings is 2. The highest BCUT2D eigenvalue weighted by Crippen LogP contribution is 2.29. The van der Waals surface area contributed by atoms with Crippen LogP contribution in [-0.2, 0) is 13.0 Å². The van der Waals surface area contributed by atoms with E-state index in [1.54, 1.807) is 47.7 Å². The third-order valence-electron chi connectivity index (χ3n) is 5.10. The van der Waals surface area contributed by atoms with Crippen molar-refractivity contribution < 1.29 is 9.59 Å². The molecule has 0 aliphatic carbocycles. The lowest BCUT2D eigenvalue weighted by molar-refractivity contribution is 0.0735. The predicted molar refractivity (Wildman–Crippen MR) is 118 cm³/mol. The summed E-state index contributed by atoms with van der Waals surface area (Å²) in [6.45, 7) is 3.15. The number of carbonyl (C=O) groups excluding carboxylic acids is 2. The van der Waals surface area contributed by atoms with Gasteiger partial charge in [-0.3, -0.25) is 9.59 Å². The minimum atomic E-state index is -0.369. The molecule has 3 aromatic rings. The smallest absolute Gasteiger partial charge is 0.257 e. The molecular formula is C22H18Cl2N2O2S. The Morgan fingerprint density at radius 1 is 1.07 bits per heavy atom. The molecule has 0 atom stereocenters. The van der Waals surface area contributed by atoms with Crippen LogP contribution in [0, 0.1) is 6.92 Å². The average Bonchev–Trinajstić information content (AvgIpc) is 3.19. The van der Waals surface area contributed by atoms with E-state index in [0.29, 0.717) is 29.4 Å². The average molecular weight is 445 g/mol. The summed E-state index contributed by atoms with van der Waals surface area (Å²) in [6, 6.07) is 12.3. The summed E-state index contributed by atoms with van der Waals surface area (Å²) in [4.78, 5) is 29.0. The molecule has 1 aromatic heterocycles. The van der Waals surface area contributed by atoms with Crippen molar-refractivity contribution in [2.75, 3.05) is 11.9 Å². The third-order valence-corrected chi connectivity index (χ3v) is 6.95. The van der Waals surface area contributed by atoms with Crippen molar-refractivity contribution in [2.24, 2.45) is 0 Å². The molecule has 0 fully saturated rings. The molecule has 1 aliphatic heterocycles. The first-order valence-electron chi connectivity index (χ1n) is 9.15. The monoisotopic (exact) mass is 444 g/mol. The molecule has 0 radical (unpaired) electrons. The third kappa shape index (κ3) is 3.90.